The zero-order valence-electron chi connectivity index (χ0n) is 9.51. The van der Waals surface area contributed by atoms with E-state index in [1.807, 2.05) is 0 Å². The number of nitrogens with zero attached hydrogens (tertiary/aromatic N) is 1. The molecule has 0 atom stereocenters. The van der Waals surface area contributed by atoms with Crippen LogP contribution in [0.5, 0.6) is 0 Å². The Morgan fingerprint density at radius 2 is 2.00 bits per heavy atom. The van der Waals surface area contributed by atoms with Gasteiger partial charge in [0, 0.05) is 11.9 Å². The fourth-order valence-corrected chi connectivity index (χ4v) is 1.49. The molecule has 6 nitrogen and oxygen atoms in total. The van der Waals surface area contributed by atoms with Crippen molar-refractivity contribution in [2.75, 3.05) is 5.32 Å². The first kappa shape index (κ1) is 11.8. The minimum Gasteiger partial charge on any atom is -0.369 e. The van der Waals surface area contributed by atoms with Gasteiger partial charge in [-0.3, -0.25) is 14.7 Å². The van der Waals surface area contributed by atoms with Gasteiger partial charge in [0.2, 0.25) is 5.91 Å². The highest BCUT2D eigenvalue weighted by atomic mass is 16.2. The number of H-pyrrole nitrogens is 1. The molecule has 0 aliphatic carbocycles. The van der Waals surface area contributed by atoms with Crippen molar-refractivity contribution in [2.24, 2.45) is 5.73 Å². The zero-order chi connectivity index (χ0) is 13.0. The lowest BCUT2D eigenvalue weighted by molar-refractivity contribution is -0.117. The number of anilines is 1. The van der Waals surface area contributed by atoms with E-state index in [2.05, 4.69) is 15.5 Å². The Kier molecular flexibility index (Phi) is 3.38. The molecule has 6 heteroatoms. The van der Waals surface area contributed by atoms with Crippen molar-refractivity contribution in [1.82, 2.24) is 10.2 Å². The summed E-state index contributed by atoms with van der Waals surface area (Å²) in [5.41, 5.74) is 7.00. The third-order valence-electron chi connectivity index (χ3n) is 2.35. The Balaban J connectivity index is 2.02. The average molecular weight is 244 g/mol. The highest BCUT2D eigenvalue weighted by molar-refractivity contribution is 6.03. The van der Waals surface area contributed by atoms with Crippen LogP contribution in [0.3, 0.4) is 0 Å². The van der Waals surface area contributed by atoms with Crippen molar-refractivity contribution in [3.8, 4) is 0 Å². The quantitative estimate of drug-likeness (QED) is 0.737. The Morgan fingerprint density at radius 1 is 1.28 bits per heavy atom. The van der Waals surface area contributed by atoms with E-state index in [1.54, 1.807) is 24.3 Å². The Bertz CT molecular complexity index is 546. The van der Waals surface area contributed by atoms with Gasteiger partial charge in [0.05, 0.1) is 18.2 Å². The van der Waals surface area contributed by atoms with Gasteiger partial charge >= 0.3 is 0 Å². The van der Waals surface area contributed by atoms with Crippen molar-refractivity contribution in [3.05, 3.63) is 47.8 Å². The molecule has 0 bridgehead atoms. The third-order valence-corrected chi connectivity index (χ3v) is 2.35. The van der Waals surface area contributed by atoms with Crippen LogP contribution in [-0.4, -0.2) is 22.0 Å². The molecule has 0 saturated heterocycles. The normalized spacial score (nSPS) is 10.0. The molecule has 2 amide bonds. The van der Waals surface area contributed by atoms with Crippen LogP contribution < -0.4 is 11.1 Å². The number of aromatic nitrogens is 2. The van der Waals surface area contributed by atoms with Crippen LogP contribution in [-0.2, 0) is 11.2 Å². The van der Waals surface area contributed by atoms with E-state index in [9.17, 15) is 9.59 Å². The Hall–Kier alpha value is -2.63. The first-order valence-corrected chi connectivity index (χ1v) is 5.32. The van der Waals surface area contributed by atoms with Crippen molar-refractivity contribution in [1.29, 1.82) is 0 Å². The molecule has 92 valence electrons. The minimum absolute atomic E-state index is 0.190. The summed E-state index contributed by atoms with van der Waals surface area (Å²) < 4.78 is 0. The predicted molar refractivity (Wildman–Crippen MR) is 65.9 cm³/mol. The maximum Gasteiger partial charge on any atom is 0.258 e. The summed E-state index contributed by atoms with van der Waals surface area (Å²) in [6.07, 6.45) is 3.14. The number of benzene rings is 1. The average Bonchev–Trinajstić information content (AvgIpc) is 2.84. The number of nitrogens with two attached hydrogens (primary N) is 1. The van der Waals surface area contributed by atoms with E-state index in [1.165, 1.54) is 12.4 Å². The summed E-state index contributed by atoms with van der Waals surface area (Å²) >= 11 is 0. The van der Waals surface area contributed by atoms with E-state index in [4.69, 9.17) is 5.73 Å². The maximum absolute atomic E-state index is 11.7. The summed E-state index contributed by atoms with van der Waals surface area (Å²) in [6, 6.07) is 6.93. The Labute approximate surface area is 103 Å². The molecule has 1 aromatic heterocycles. The number of hydrogen-bond acceptors (Lipinski definition) is 3. The monoisotopic (exact) mass is 244 g/mol. The smallest absolute Gasteiger partial charge is 0.258 e. The molecule has 0 radical (unpaired) electrons. The van der Waals surface area contributed by atoms with Gasteiger partial charge in [-0.05, 0) is 17.7 Å². The molecular formula is C12H12N4O2. The highest BCUT2D eigenvalue weighted by Gasteiger charge is 2.06. The summed E-state index contributed by atoms with van der Waals surface area (Å²) in [4.78, 5) is 22.4. The molecule has 2 rings (SSSR count). The lowest BCUT2D eigenvalue weighted by Gasteiger charge is -2.04. The van der Waals surface area contributed by atoms with Gasteiger partial charge in [0.25, 0.3) is 5.91 Å². The van der Waals surface area contributed by atoms with Crippen LogP contribution in [0.15, 0.2) is 36.7 Å². The number of primary amides is 1. The second-order valence-electron chi connectivity index (χ2n) is 3.78. The van der Waals surface area contributed by atoms with E-state index < -0.39 is 0 Å². The molecule has 0 saturated carbocycles. The standard InChI is InChI=1S/C12H12N4O2/c13-11(17)5-8-1-3-10(4-2-8)16-12(18)9-6-14-15-7-9/h1-4,6-7H,5H2,(H2,13,17)(H,14,15)(H,16,18). The molecule has 0 aliphatic rings. The molecule has 0 unspecified atom stereocenters. The van der Waals surface area contributed by atoms with E-state index in [0.717, 1.165) is 5.56 Å². The maximum atomic E-state index is 11.7. The van der Waals surface area contributed by atoms with Crippen LogP contribution in [0, 0.1) is 0 Å². The number of carbonyl (C=O) groups excluding carboxylic acids is 2. The second-order valence-corrected chi connectivity index (χ2v) is 3.78. The topological polar surface area (TPSA) is 101 Å². The number of carbonyl (C=O) groups is 2. The molecule has 2 aromatic rings. The molecule has 0 aliphatic heterocycles. The molecule has 1 heterocycles. The van der Waals surface area contributed by atoms with E-state index >= 15 is 0 Å². The highest BCUT2D eigenvalue weighted by Crippen LogP contribution is 2.11. The van der Waals surface area contributed by atoms with Crippen LogP contribution in [0.25, 0.3) is 0 Å². The van der Waals surface area contributed by atoms with Gasteiger partial charge in [-0.1, -0.05) is 12.1 Å². The minimum atomic E-state index is -0.384. The van der Waals surface area contributed by atoms with Gasteiger partial charge in [0.1, 0.15) is 0 Å². The lowest BCUT2D eigenvalue weighted by atomic mass is 10.1. The first-order valence-electron chi connectivity index (χ1n) is 5.32. The summed E-state index contributed by atoms with van der Waals surface area (Å²) in [5.74, 6) is -0.628. The van der Waals surface area contributed by atoms with Crippen LogP contribution in [0.4, 0.5) is 5.69 Å². The van der Waals surface area contributed by atoms with Gasteiger partial charge in [-0.2, -0.15) is 5.10 Å². The molecule has 18 heavy (non-hydrogen) atoms. The SMILES string of the molecule is NC(=O)Cc1ccc(NC(=O)c2cn[nH]c2)cc1. The van der Waals surface area contributed by atoms with Gasteiger partial charge in [-0.15, -0.1) is 0 Å². The van der Waals surface area contributed by atoms with Crippen LogP contribution in [0.2, 0.25) is 0 Å². The summed E-state index contributed by atoms with van der Waals surface area (Å²) in [7, 11) is 0. The second kappa shape index (κ2) is 5.13. The van der Waals surface area contributed by atoms with Gasteiger partial charge in [0.15, 0.2) is 0 Å². The molecule has 0 spiro atoms. The van der Waals surface area contributed by atoms with Crippen molar-refractivity contribution in [3.63, 3.8) is 0 Å². The number of amides is 2. The van der Waals surface area contributed by atoms with Gasteiger partial charge in [-0.25, -0.2) is 0 Å². The summed E-state index contributed by atoms with van der Waals surface area (Å²) in [5, 5.41) is 8.97. The summed E-state index contributed by atoms with van der Waals surface area (Å²) in [6.45, 7) is 0. The predicted octanol–water partition coefficient (Wildman–Crippen LogP) is 0.690. The molecule has 0 fully saturated rings. The van der Waals surface area contributed by atoms with E-state index in [-0.39, 0.29) is 18.2 Å². The number of nitrogens with one attached hydrogen (secondary N) is 2. The van der Waals surface area contributed by atoms with E-state index in [0.29, 0.717) is 11.3 Å². The van der Waals surface area contributed by atoms with Crippen molar-refractivity contribution < 1.29 is 9.59 Å². The van der Waals surface area contributed by atoms with Crippen LogP contribution in [0.1, 0.15) is 15.9 Å². The first-order chi connectivity index (χ1) is 8.65. The zero-order valence-corrected chi connectivity index (χ0v) is 9.51. The lowest BCUT2D eigenvalue weighted by Crippen LogP contribution is -2.14. The van der Waals surface area contributed by atoms with Crippen molar-refractivity contribution >= 4 is 17.5 Å². The van der Waals surface area contributed by atoms with Crippen LogP contribution >= 0.6 is 0 Å². The number of aromatic amines is 1. The molecule has 4 N–H and O–H groups in total. The van der Waals surface area contributed by atoms with Gasteiger partial charge < -0.3 is 11.1 Å². The third kappa shape index (κ3) is 2.94. The number of rotatable bonds is 4. The fraction of sp³-hybridized carbons (Fsp3) is 0.0833. The van der Waals surface area contributed by atoms with Crippen molar-refractivity contribution in [2.45, 2.75) is 6.42 Å². The Morgan fingerprint density at radius 3 is 2.56 bits per heavy atom. The molecule has 1 aromatic carbocycles. The molecular weight excluding hydrogens is 232 g/mol. The largest absolute Gasteiger partial charge is 0.369 e. The fourth-order valence-electron chi connectivity index (χ4n) is 1.49. The number of hydrogen-bond donors (Lipinski definition) is 3.